The molecule has 1 atom stereocenters. The van der Waals surface area contributed by atoms with Crippen LogP contribution >= 0.6 is 0 Å². The zero-order valence-electron chi connectivity index (χ0n) is 12.3. The van der Waals surface area contributed by atoms with Gasteiger partial charge in [-0.05, 0) is 31.2 Å². The summed E-state index contributed by atoms with van der Waals surface area (Å²) in [5.74, 6) is 0. The summed E-state index contributed by atoms with van der Waals surface area (Å²) in [7, 11) is 1.85. The summed E-state index contributed by atoms with van der Waals surface area (Å²) < 4.78 is 5.70. The van der Waals surface area contributed by atoms with Gasteiger partial charge in [-0.2, -0.15) is 0 Å². The molecular weight excluding hydrogens is 234 g/mol. The Morgan fingerprint density at radius 3 is 2.53 bits per heavy atom. The number of ether oxygens (including phenoxy) is 1. The highest BCUT2D eigenvalue weighted by Gasteiger charge is 2.37. The second kappa shape index (κ2) is 7.06. The molecule has 0 spiro atoms. The summed E-state index contributed by atoms with van der Waals surface area (Å²) >= 11 is 0. The van der Waals surface area contributed by atoms with Crippen LogP contribution in [-0.4, -0.2) is 19.3 Å². The Morgan fingerprint density at radius 2 is 2.00 bits per heavy atom. The summed E-state index contributed by atoms with van der Waals surface area (Å²) in [6.07, 6.45) is 7.44. The second-order valence-corrected chi connectivity index (χ2v) is 5.73. The summed E-state index contributed by atoms with van der Waals surface area (Å²) in [6.45, 7) is 3.23. The highest BCUT2D eigenvalue weighted by molar-refractivity contribution is 5.19. The Labute approximate surface area is 117 Å². The Balaban J connectivity index is 1.94. The van der Waals surface area contributed by atoms with Gasteiger partial charge in [-0.25, -0.2) is 0 Å². The van der Waals surface area contributed by atoms with Crippen molar-refractivity contribution in [3.63, 3.8) is 0 Å². The van der Waals surface area contributed by atoms with E-state index in [1.165, 1.54) is 44.1 Å². The molecule has 2 rings (SSSR count). The van der Waals surface area contributed by atoms with Crippen LogP contribution in [0.2, 0.25) is 0 Å². The minimum absolute atomic E-state index is 0.110. The lowest BCUT2D eigenvalue weighted by Gasteiger charge is -2.41. The Kier molecular flexibility index (Phi) is 5.41. The highest BCUT2D eigenvalue weighted by atomic mass is 16.5. The molecular formula is C17H27NO. The van der Waals surface area contributed by atoms with Gasteiger partial charge in [0.05, 0.1) is 5.60 Å². The fraction of sp³-hybridized carbons (Fsp3) is 0.647. The Bertz CT molecular complexity index is 353. The Hall–Kier alpha value is -0.860. The first-order valence-electron chi connectivity index (χ1n) is 7.63. The number of nitrogens with one attached hydrogen (secondary N) is 1. The highest BCUT2D eigenvalue weighted by Crippen LogP contribution is 2.35. The van der Waals surface area contributed by atoms with Crippen molar-refractivity contribution < 1.29 is 4.74 Å². The molecule has 0 amide bonds. The van der Waals surface area contributed by atoms with Gasteiger partial charge in [0.25, 0.3) is 0 Å². The molecule has 2 nitrogen and oxygen atoms in total. The van der Waals surface area contributed by atoms with E-state index in [1.54, 1.807) is 0 Å². The SMILES string of the molecule is CCCCC(NCC1(OC)CCC1)c1ccccc1. The van der Waals surface area contributed by atoms with E-state index in [0.717, 1.165) is 6.54 Å². The van der Waals surface area contributed by atoms with Crippen LogP contribution in [0.15, 0.2) is 30.3 Å². The van der Waals surface area contributed by atoms with E-state index in [9.17, 15) is 0 Å². The molecule has 1 aliphatic carbocycles. The first-order chi connectivity index (χ1) is 9.29. The third-order valence-corrected chi connectivity index (χ3v) is 4.42. The van der Waals surface area contributed by atoms with Crippen molar-refractivity contribution in [2.24, 2.45) is 0 Å². The molecule has 1 unspecified atom stereocenters. The van der Waals surface area contributed by atoms with Gasteiger partial charge in [0, 0.05) is 19.7 Å². The van der Waals surface area contributed by atoms with Crippen molar-refractivity contribution in [3.8, 4) is 0 Å². The lowest BCUT2D eigenvalue weighted by molar-refractivity contribution is -0.0710. The predicted molar refractivity (Wildman–Crippen MR) is 80.3 cm³/mol. The molecule has 0 bridgehead atoms. The molecule has 0 aromatic heterocycles. The smallest absolute Gasteiger partial charge is 0.0802 e. The fourth-order valence-corrected chi connectivity index (χ4v) is 2.81. The van der Waals surface area contributed by atoms with Gasteiger partial charge in [0.1, 0.15) is 0 Å². The lowest BCUT2D eigenvalue weighted by atomic mass is 9.79. The number of hydrogen-bond donors (Lipinski definition) is 1. The van der Waals surface area contributed by atoms with E-state index in [-0.39, 0.29) is 5.60 Å². The van der Waals surface area contributed by atoms with Gasteiger partial charge < -0.3 is 10.1 Å². The molecule has 0 saturated heterocycles. The van der Waals surface area contributed by atoms with Gasteiger partial charge in [-0.15, -0.1) is 0 Å². The molecule has 1 fully saturated rings. The minimum Gasteiger partial charge on any atom is -0.377 e. The standard InChI is InChI=1S/C17H27NO/c1-3-4-11-16(15-9-6-5-7-10-15)18-14-17(19-2)12-8-13-17/h5-7,9-10,16,18H,3-4,8,11-14H2,1-2H3. The van der Waals surface area contributed by atoms with Crippen LogP contribution < -0.4 is 5.32 Å². The van der Waals surface area contributed by atoms with Crippen LogP contribution in [0, 0.1) is 0 Å². The molecule has 19 heavy (non-hydrogen) atoms. The van der Waals surface area contributed by atoms with E-state index >= 15 is 0 Å². The molecule has 1 N–H and O–H groups in total. The van der Waals surface area contributed by atoms with Gasteiger partial charge in [0.2, 0.25) is 0 Å². The van der Waals surface area contributed by atoms with Crippen molar-refractivity contribution in [1.82, 2.24) is 5.32 Å². The van der Waals surface area contributed by atoms with Gasteiger partial charge in [-0.1, -0.05) is 50.1 Å². The molecule has 106 valence electrons. The maximum Gasteiger partial charge on any atom is 0.0802 e. The van der Waals surface area contributed by atoms with Gasteiger partial charge in [-0.3, -0.25) is 0 Å². The van der Waals surface area contributed by atoms with E-state index in [4.69, 9.17) is 4.74 Å². The van der Waals surface area contributed by atoms with E-state index in [0.29, 0.717) is 6.04 Å². The lowest BCUT2D eigenvalue weighted by Crippen LogP contribution is -2.48. The van der Waals surface area contributed by atoms with E-state index in [2.05, 4.69) is 42.6 Å². The van der Waals surface area contributed by atoms with Crippen LogP contribution in [0.5, 0.6) is 0 Å². The molecule has 1 aliphatic rings. The monoisotopic (exact) mass is 261 g/mol. The van der Waals surface area contributed by atoms with Gasteiger partial charge >= 0.3 is 0 Å². The average molecular weight is 261 g/mol. The topological polar surface area (TPSA) is 21.3 Å². The third-order valence-electron chi connectivity index (χ3n) is 4.42. The van der Waals surface area contributed by atoms with Crippen molar-refractivity contribution >= 4 is 0 Å². The van der Waals surface area contributed by atoms with Crippen molar-refractivity contribution in [2.75, 3.05) is 13.7 Å². The maximum absolute atomic E-state index is 5.70. The van der Waals surface area contributed by atoms with Crippen molar-refractivity contribution in [2.45, 2.75) is 57.1 Å². The minimum atomic E-state index is 0.110. The summed E-state index contributed by atoms with van der Waals surface area (Å²) in [5, 5.41) is 3.74. The normalized spacial score (nSPS) is 18.8. The van der Waals surface area contributed by atoms with Crippen molar-refractivity contribution in [3.05, 3.63) is 35.9 Å². The van der Waals surface area contributed by atoms with Crippen LogP contribution in [0.3, 0.4) is 0 Å². The second-order valence-electron chi connectivity index (χ2n) is 5.73. The summed E-state index contributed by atoms with van der Waals surface area (Å²) in [6, 6.07) is 11.3. The maximum atomic E-state index is 5.70. The number of unbranched alkanes of at least 4 members (excludes halogenated alkanes) is 1. The molecule has 0 radical (unpaired) electrons. The van der Waals surface area contributed by atoms with Crippen LogP contribution in [0.4, 0.5) is 0 Å². The number of hydrogen-bond acceptors (Lipinski definition) is 2. The zero-order valence-corrected chi connectivity index (χ0v) is 12.3. The van der Waals surface area contributed by atoms with Gasteiger partial charge in [0.15, 0.2) is 0 Å². The van der Waals surface area contributed by atoms with Crippen molar-refractivity contribution in [1.29, 1.82) is 0 Å². The zero-order chi connectivity index (χ0) is 13.6. The molecule has 1 aromatic rings. The van der Waals surface area contributed by atoms with E-state index in [1.807, 2.05) is 7.11 Å². The number of methoxy groups -OCH3 is 1. The number of benzene rings is 1. The van der Waals surface area contributed by atoms with Crippen LogP contribution in [0.25, 0.3) is 0 Å². The molecule has 1 saturated carbocycles. The van der Waals surface area contributed by atoms with E-state index < -0.39 is 0 Å². The largest absolute Gasteiger partial charge is 0.377 e. The average Bonchev–Trinajstić information content (AvgIpc) is 2.42. The predicted octanol–water partition coefficient (Wildman–Crippen LogP) is 4.08. The third kappa shape index (κ3) is 3.80. The Morgan fingerprint density at radius 1 is 1.26 bits per heavy atom. The van der Waals surface area contributed by atoms with Crippen LogP contribution in [-0.2, 0) is 4.74 Å². The fourth-order valence-electron chi connectivity index (χ4n) is 2.81. The molecule has 0 heterocycles. The quantitative estimate of drug-likeness (QED) is 0.761. The molecule has 1 aromatic carbocycles. The van der Waals surface area contributed by atoms with Crippen LogP contribution in [0.1, 0.15) is 57.1 Å². The summed E-state index contributed by atoms with van der Waals surface area (Å²) in [5.41, 5.74) is 1.51. The molecule has 2 heteroatoms. The first-order valence-corrected chi connectivity index (χ1v) is 7.63. The number of rotatable bonds is 8. The summed E-state index contributed by atoms with van der Waals surface area (Å²) in [4.78, 5) is 0. The first kappa shape index (κ1) is 14.5. The molecule has 0 aliphatic heterocycles.